The van der Waals surface area contributed by atoms with E-state index in [1.54, 1.807) is 0 Å². The molecule has 0 atom stereocenters. The molecule has 2 heteroatoms. The standard InChI is InChI=1S/C16H26N2/c1-18(15-9-4-2-3-5-10-15)16-11-7-6-8-14(16)12-13-17/h6-8,11,15H,2-5,9-10,12-13,17H2,1H3. The topological polar surface area (TPSA) is 29.3 Å². The molecule has 0 bridgehead atoms. The van der Waals surface area contributed by atoms with Crippen molar-refractivity contribution in [3.8, 4) is 0 Å². The van der Waals surface area contributed by atoms with Gasteiger partial charge in [-0.1, -0.05) is 43.9 Å². The second-order valence-corrected chi connectivity index (χ2v) is 5.42. The maximum atomic E-state index is 5.71. The van der Waals surface area contributed by atoms with Crippen molar-refractivity contribution in [2.24, 2.45) is 5.73 Å². The van der Waals surface area contributed by atoms with Gasteiger partial charge < -0.3 is 10.6 Å². The summed E-state index contributed by atoms with van der Waals surface area (Å²) in [6.07, 6.45) is 9.25. The van der Waals surface area contributed by atoms with Crippen molar-refractivity contribution in [1.29, 1.82) is 0 Å². The highest BCUT2D eigenvalue weighted by Crippen LogP contribution is 2.27. The molecule has 1 saturated carbocycles. The first-order chi connectivity index (χ1) is 8.83. The lowest BCUT2D eigenvalue weighted by Gasteiger charge is -2.31. The van der Waals surface area contributed by atoms with Crippen LogP contribution >= 0.6 is 0 Å². The van der Waals surface area contributed by atoms with Crippen LogP contribution in [0.1, 0.15) is 44.1 Å². The number of nitrogens with zero attached hydrogens (tertiary/aromatic N) is 1. The Morgan fingerprint density at radius 2 is 1.78 bits per heavy atom. The van der Waals surface area contributed by atoms with Crippen LogP contribution in [-0.2, 0) is 6.42 Å². The van der Waals surface area contributed by atoms with E-state index in [1.165, 1.54) is 49.8 Å². The van der Waals surface area contributed by atoms with Crippen LogP contribution in [0, 0.1) is 0 Å². The third-order valence-electron chi connectivity index (χ3n) is 4.16. The Hall–Kier alpha value is -1.02. The SMILES string of the molecule is CN(c1ccccc1CCN)C1CCCCCC1. The number of hydrogen-bond acceptors (Lipinski definition) is 2. The predicted molar refractivity (Wildman–Crippen MR) is 79.1 cm³/mol. The van der Waals surface area contributed by atoms with Crippen LogP contribution < -0.4 is 10.6 Å². The lowest BCUT2D eigenvalue weighted by atomic mass is 10.0. The number of anilines is 1. The number of para-hydroxylation sites is 1. The molecule has 0 aromatic heterocycles. The molecule has 0 spiro atoms. The molecule has 18 heavy (non-hydrogen) atoms. The summed E-state index contributed by atoms with van der Waals surface area (Å²) in [5.41, 5.74) is 8.49. The number of nitrogens with two attached hydrogens (primary N) is 1. The first-order valence-electron chi connectivity index (χ1n) is 7.33. The summed E-state index contributed by atoms with van der Waals surface area (Å²) in [6.45, 7) is 0.732. The molecule has 1 aliphatic rings. The van der Waals surface area contributed by atoms with Crippen LogP contribution in [0.3, 0.4) is 0 Å². The van der Waals surface area contributed by atoms with E-state index >= 15 is 0 Å². The highest BCUT2D eigenvalue weighted by molar-refractivity contribution is 5.54. The zero-order valence-electron chi connectivity index (χ0n) is 11.6. The van der Waals surface area contributed by atoms with E-state index in [0.717, 1.165) is 13.0 Å². The van der Waals surface area contributed by atoms with Gasteiger partial charge in [0.25, 0.3) is 0 Å². The highest BCUT2D eigenvalue weighted by atomic mass is 15.1. The van der Waals surface area contributed by atoms with Crippen molar-refractivity contribution in [3.63, 3.8) is 0 Å². The van der Waals surface area contributed by atoms with Crippen LogP contribution in [0.2, 0.25) is 0 Å². The first kappa shape index (κ1) is 13.4. The quantitative estimate of drug-likeness (QED) is 0.826. The molecule has 1 aromatic rings. The van der Waals surface area contributed by atoms with Gasteiger partial charge in [-0.2, -0.15) is 0 Å². The second-order valence-electron chi connectivity index (χ2n) is 5.42. The molecule has 1 aliphatic carbocycles. The highest BCUT2D eigenvalue weighted by Gasteiger charge is 2.18. The second kappa shape index (κ2) is 6.79. The Balaban J connectivity index is 2.13. The zero-order chi connectivity index (χ0) is 12.8. The minimum atomic E-state index is 0.714. The summed E-state index contributed by atoms with van der Waals surface area (Å²) in [7, 11) is 2.26. The van der Waals surface area contributed by atoms with Crippen LogP contribution in [-0.4, -0.2) is 19.6 Å². The molecule has 2 nitrogen and oxygen atoms in total. The number of rotatable bonds is 4. The summed E-state index contributed by atoms with van der Waals surface area (Å²) in [4.78, 5) is 2.50. The molecule has 1 fully saturated rings. The Bertz CT molecular complexity index is 354. The van der Waals surface area contributed by atoms with Gasteiger partial charge in [0.15, 0.2) is 0 Å². The molecule has 2 rings (SSSR count). The van der Waals surface area contributed by atoms with Crippen LogP contribution in [0.5, 0.6) is 0 Å². The first-order valence-corrected chi connectivity index (χ1v) is 7.33. The summed E-state index contributed by atoms with van der Waals surface area (Å²) in [6, 6.07) is 9.44. The molecule has 0 heterocycles. The van der Waals surface area contributed by atoms with Crippen molar-refractivity contribution in [2.45, 2.75) is 51.0 Å². The number of hydrogen-bond donors (Lipinski definition) is 1. The van der Waals surface area contributed by atoms with Crippen molar-refractivity contribution in [2.75, 3.05) is 18.5 Å². The van der Waals surface area contributed by atoms with Crippen molar-refractivity contribution < 1.29 is 0 Å². The maximum Gasteiger partial charge on any atom is 0.0399 e. The van der Waals surface area contributed by atoms with E-state index in [4.69, 9.17) is 5.73 Å². The van der Waals surface area contributed by atoms with E-state index in [0.29, 0.717) is 6.04 Å². The lowest BCUT2D eigenvalue weighted by molar-refractivity contribution is 0.552. The molecule has 0 amide bonds. The van der Waals surface area contributed by atoms with E-state index in [2.05, 4.69) is 36.2 Å². The maximum absolute atomic E-state index is 5.71. The fourth-order valence-corrected chi connectivity index (χ4v) is 3.06. The van der Waals surface area contributed by atoms with E-state index in [1.807, 2.05) is 0 Å². The smallest absolute Gasteiger partial charge is 0.0399 e. The molecule has 0 saturated heterocycles. The van der Waals surface area contributed by atoms with Gasteiger partial charge in [0.1, 0.15) is 0 Å². The summed E-state index contributed by atoms with van der Waals surface area (Å²) in [5, 5.41) is 0. The van der Waals surface area contributed by atoms with Crippen LogP contribution in [0.15, 0.2) is 24.3 Å². The van der Waals surface area contributed by atoms with Gasteiger partial charge in [-0.3, -0.25) is 0 Å². The van der Waals surface area contributed by atoms with E-state index in [-0.39, 0.29) is 0 Å². The van der Waals surface area contributed by atoms with Gasteiger partial charge in [-0.15, -0.1) is 0 Å². The average molecular weight is 246 g/mol. The predicted octanol–water partition coefficient (Wildman–Crippen LogP) is 3.35. The molecule has 0 unspecified atom stereocenters. The fraction of sp³-hybridized carbons (Fsp3) is 0.625. The number of benzene rings is 1. The summed E-state index contributed by atoms with van der Waals surface area (Å²) >= 11 is 0. The summed E-state index contributed by atoms with van der Waals surface area (Å²) < 4.78 is 0. The lowest BCUT2D eigenvalue weighted by Crippen LogP contribution is -2.32. The molecular weight excluding hydrogens is 220 g/mol. The zero-order valence-corrected chi connectivity index (χ0v) is 11.6. The van der Waals surface area contributed by atoms with Gasteiger partial charge in [-0.05, 0) is 37.4 Å². The van der Waals surface area contributed by atoms with Gasteiger partial charge in [0, 0.05) is 18.8 Å². The summed E-state index contributed by atoms with van der Waals surface area (Å²) in [5.74, 6) is 0. The van der Waals surface area contributed by atoms with Crippen LogP contribution in [0.25, 0.3) is 0 Å². The fourth-order valence-electron chi connectivity index (χ4n) is 3.06. The van der Waals surface area contributed by atoms with Crippen LogP contribution in [0.4, 0.5) is 5.69 Å². The van der Waals surface area contributed by atoms with Gasteiger partial charge in [0.2, 0.25) is 0 Å². The Kier molecular flexibility index (Phi) is 5.06. The Morgan fingerprint density at radius 1 is 1.11 bits per heavy atom. The van der Waals surface area contributed by atoms with Crippen molar-refractivity contribution in [3.05, 3.63) is 29.8 Å². The van der Waals surface area contributed by atoms with Gasteiger partial charge in [-0.25, -0.2) is 0 Å². The van der Waals surface area contributed by atoms with Gasteiger partial charge in [0.05, 0.1) is 0 Å². The molecule has 0 aliphatic heterocycles. The third kappa shape index (κ3) is 3.26. The average Bonchev–Trinajstić information content (AvgIpc) is 2.68. The normalized spacial score (nSPS) is 17.4. The minimum absolute atomic E-state index is 0.714. The van der Waals surface area contributed by atoms with Crippen molar-refractivity contribution in [1.82, 2.24) is 0 Å². The van der Waals surface area contributed by atoms with E-state index < -0.39 is 0 Å². The Morgan fingerprint density at radius 3 is 2.44 bits per heavy atom. The van der Waals surface area contributed by atoms with Gasteiger partial charge >= 0.3 is 0 Å². The van der Waals surface area contributed by atoms with E-state index in [9.17, 15) is 0 Å². The molecule has 1 aromatic carbocycles. The molecule has 2 N–H and O–H groups in total. The molecule has 0 radical (unpaired) electrons. The molecular formula is C16H26N2. The monoisotopic (exact) mass is 246 g/mol. The molecule has 100 valence electrons. The Labute approximate surface area is 111 Å². The van der Waals surface area contributed by atoms with Crippen molar-refractivity contribution >= 4 is 5.69 Å². The largest absolute Gasteiger partial charge is 0.371 e. The minimum Gasteiger partial charge on any atom is -0.371 e. The third-order valence-corrected chi connectivity index (χ3v) is 4.16.